The second-order valence-corrected chi connectivity index (χ2v) is 7.57. The fourth-order valence-electron chi connectivity index (χ4n) is 2.65. The molecular weight excluding hydrogens is 356 g/mol. The first-order chi connectivity index (χ1) is 12.5. The normalized spacial score (nSPS) is 16.6. The fourth-order valence-corrected chi connectivity index (χ4v) is 3.59. The van der Waals surface area contributed by atoms with Crippen LogP contribution in [0.25, 0.3) is 10.9 Å². The molecule has 7 nitrogen and oxygen atoms in total. The first-order valence-electron chi connectivity index (χ1n) is 8.01. The van der Waals surface area contributed by atoms with Crippen LogP contribution in [0.2, 0.25) is 0 Å². The largest absolute Gasteiger partial charge is 0.486 e. The molecule has 0 amide bonds. The van der Waals surface area contributed by atoms with Crippen molar-refractivity contribution in [1.82, 2.24) is 9.97 Å². The van der Waals surface area contributed by atoms with Gasteiger partial charge < -0.3 is 9.47 Å². The maximum absolute atomic E-state index is 12.3. The summed E-state index contributed by atoms with van der Waals surface area (Å²) in [6.45, 7) is 1.92. The van der Waals surface area contributed by atoms with Crippen LogP contribution in [0.1, 0.15) is 5.56 Å². The number of benzene rings is 2. The van der Waals surface area contributed by atoms with Crippen LogP contribution < -0.4 is 9.47 Å². The molecule has 0 fully saturated rings. The van der Waals surface area contributed by atoms with Gasteiger partial charge >= 0.3 is 0 Å². The molecule has 8 heteroatoms. The smallest absolute Gasteiger partial charge is 0.297 e. The molecule has 0 radical (unpaired) electrons. The summed E-state index contributed by atoms with van der Waals surface area (Å²) in [7, 11) is -3.86. The lowest BCUT2D eigenvalue weighted by Crippen LogP contribution is -2.34. The van der Waals surface area contributed by atoms with Gasteiger partial charge in [0.1, 0.15) is 19.5 Å². The van der Waals surface area contributed by atoms with Crippen LogP contribution in [0.15, 0.2) is 53.8 Å². The summed E-state index contributed by atoms with van der Waals surface area (Å²) in [4.78, 5) is 8.29. The Bertz CT molecular complexity index is 1050. The van der Waals surface area contributed by atoms with E-state index in [2.05, 4.69) is 9.97 Å². The Hall–Kier alpha value is -2.71. The average molecular weight is 372 g/mol. The van der Waals surface area contributed by atoms with Crippen LogP contribution in [0.3, 0.4) is 0 Å². The van der Waals surface area contributed by atoms with Gasteiger partial charge in [0, 0.05) is 6.20 Å². The van der Waals surface area contributed by atoms with Gasteiger partial charge in [-0.05, 0) is 31.2 Å². The van der Waals surface area contributed by atoms with Crippen LogP contribution in [0, 0.1) is 6.92 Å². The number of nitrogens with zero attached hydrogens (tertiary/aromatic N) is 2. The van der Waals surface area contributed by atoms with Gasteiger partial charge in [0.25, 0.3) is 10.1 Å². The zero-order chi connectivity index (χ0) is 18.1. The molecule has 0 saturated heterocycles. The minimum Gasteiger partial charge on any atom is -0.486 e. The lowest BCUT2D eigenvalue weighted by molar-refractivity contribution is 0.0571. The Morgan fingerprint density at radius 2 is 2.00 bits per heavy atom. The molecule has 0 N–H and O–H groups in total. The van der Waals surface area contributed by atoms with Crippen molar-refractivity contribution in [3.63, 3.8) is 0 Å². The summed E-state index contributed by atoms with van der Waals surface area (Å²) in [6.07, 6.45) is 2.53. The van der Waals surface area contributed by atoms with Crippen molar-refractivity contribution in [2.75, 3.05) is 13.2 Å². The Balaban J connectivity index is 1.51. The molecule has 0 spiro atoms. The summed E-state index contributed by atoms with van der Waals surface area (Å²) in [6, 6.07) is 10.1. The molecule has 1 aliphatic rings. The first kappa shape index (κ1) is 16.7. The molecule has 0 bridgehead atoms. The van der Waals surface area contributed by atoms with Gasteiger partial charge in [-0.2, -0.15) is 8.42 Å². The Morgan fingerprint density at radius 1 is 1.19 bits per heavy atom. The van der Waals surface area contributed by atoms with Crippen molar-refractivity contribution in [3.8, 4) is 11.5 Å². The van der Waals surface area contributed by atoms with E-state index >= 15 is 0 Å². The summed E-state index contributed by atoms with van der Waals surface area (Å²) in [5, 5.41) is 0.705. The van der Waals surface area contributed by atoms with Gasteiger partial charge in [-0.25, -0.2) is 9.97 Å². The summed E-state index contributed by atoms with van der Waals surface area (Å²) in [5.74, 6) is 1.07. The number of hydrogen-bond donors (Lipinski definition) is 0. The van der Waals surface area contributed by atoms with E-state index in [1.807, 2.05) is 13.0 Å². The lowest BCUT2D eigenvalue weighted by Gasteiger charge is -2.26. The number of fused-ring (bicyclic) bond motifs is 3. The number of rotatable bonds is 4. The van der Waals surface area contributed by atoms with Crippen LogP contribution in [-0.4, -0.2) is 37.7 Å². The van der Waals surface area contributed by atoms with E-state index in [1.54, 1.807) is 24.4 Å². The number of aryl methyl sites for hydroxylation is 1. The highest BCUT2D eigenvalue weighted by atomic mass is 32.2. The van der Waals surface area contributed by atoms with Crippen molar-refractivity contribution in [2.45, 2.75) is 17.9 Å². The van der Waals surface area contributed by atoms with E-state index in [0.717, 1.165) is 11.1 Å². The number of ether oxygens (including phenoxy) is 2. The highest BCUT2D eigenvalue weighted by Gasteiger charge is 2.26. The monoisotopic (exact) mass is 372 g/mol. The van der Waals surface area contributed by atoms with Crippen molar-refractivity contribution >= 4 is 21.0 Å². The Morgan fingerprint density at radius 3 is 2.81 bits per heavy atom. The van der Waals surface area contributed by atoms with Crippen molar-refractivity contribution in [2.24, 2.45) is 0 Å². The molecule has 26 heavy (non-hydrogen) atoms. The van der Waals surface area contributed by atoms with E-state index in [9.17, 15) is 8.42 Å². The van der Waals surface area contributed by atoms with Gasteiger partial charge in [-0.15, -0.1) is 0 Å². The third-order valence-electron chi connectivity index (χ3n) is 4.03. The van der Waals surface area contributed by atoms with Gasteiger partial charge in [-0.3, -0.25) is 4.18 Å². The first-order valence-corrected chi connectivity index (χ1v) is 9.42. The summed E-state index contributed by atoms with van der Waals surface area (Å²) in [5.41, 5.74) is 1.69. The van der Waals surface area contributed by atoms with Crippen LogP contribution in [0.4, 0.5) is 0 Å². The molecular formula is C18H16N2O5S. The molecule has 1 aliphatic heterocycles. The molecule has 3 aromatic rings. The molecule has 1 unspecified atom stereocenters. The van der Waals surface area contributed by atoms with E-state index in [0.29, 0.717) is 16.9 Å². The van der Waals surface area contributed by atoms with E-state index in [-0.39, 0.29) is 18.1 Å². The van der Waals surface area contributed by atoms with Gasteiger partial charge in [-0.1, -0.05) is 17.7 Å². The number of hydrogen-bond acceptors (Lipinski definition) is 7. The third-order valence-corrected chi connectivity index (χ3v) is 5.33. The quantitative estimate of drug-likeness (QED) is 0.650. The maximum atomic E-state index is 12.3. The standard InChI is InChI=1S/C18H16N2O5S/c1-12-2-4-14(5-3-12)26(21,22)24-10-13-9-23-17-7-6-16-15(18(17)25-13)8-19-11-20-16/h2-8,11,13H,9-10H2,1H3. The van der Waals surface area contributed by atoms with E-state index < -0.39 is 16.2 Å². The zero-order valence-electron chi connectivity index (χ0n) is 14.0. The topological polar surface area (TPSA) is 87.6 Å². The molecule has 4 rings (SSSR count). The fraction of sp³-hybridized carbons (Fsp3) is 0.222. The van der Waals surface area contributed by atoms with Gasteiger partial charge in [0.05, 0.1) is 15.8 Å². The third kappa shape index (κ3) is 3.21. The van der Waals surface area contributed by atoms with Gasteiger partial charge in [0.2, 0.25) is 0 Å². The Labute approximate surface area is 150 Å². The van der Waals surface area contributed by atoms with Crippen molar-refractivity contribution in [1.29, 1.82) is 0 Å². The summed E-state index contributed by atoms with van der Waals surface area (Å²) >= 11 is 0. The highest BCUT2D eigenvalue weighted by Crippen LogP contribution is 2.37. The van der Waals surface area contributed by atoms with Crippen molar-refractivity contribution in [3.05, 3.63) is 54.5 Å². The van der Waals surface area contributed by atoms with Crippen LogP contribution >= 0.6 is 0 Å². The predicted octanol–water partition coefficient (Wildman–Crippen LogP) is 2.48. The van der Waals surface area contributed by atoms with Crippen LogP contribution in [0.5, 0.6) is 11.5 Å². The molecule has 1 aromatic heterocycles. The number of aromatic nitrogens is 2. The molecule has 0 saturated carbocycles. The molecule has 134 valence electrons. The highest BCUT2D eigenvalue weighted by molar-refractivity contribution is 7.86. The average Bonchev–Trinajstić information content (AvgIpc) is 2.66. The second kappa shape index (κ2) is 6.54. The maximum Gasteiger partial charge on any atom is 0.297 e. The minimum absolute atomic E-state index is 0.110. The molecule has 2 aromatic carbocycles. The van der Waals surface area contributed by atoms with E-state index in [1.165, 1.54) is 18.5 Å². The molecule has 2 heterocycles. The SMILES string of the molecule is Cc1ccc(S(=O)(=O)OCC2COc3ccc4ncncc4c3O2)cc1. The zero-order valence-corrected chi connectivity index (χ0v) is 14.8. The minimum atomic E-state index is -3.86. The lowest BCUT2D eigenvalue weighted by atomic mass is 10.2. The summed E-state index contributed by atoms with van der Waals surface area (Å²) < 4.78 is 41.3. The van der Waals surface area contributed by atoms with Crippen molar-refractivity contribution < 1.29 is 22.1 Å². The van der Waals surface area contributed by atoms with Crippen LogP contribution in [-0.2, 0) is 14.3 Å². The predicted molar refractivity (Wildman–Crippen MR) is 93.8 cm³/mol. The molecule has 0 aliphatic carbocycles. The Kier molecular flexibility index (Phi) is 4.21. The van der Waals surface area contributed by atoms with Gasteiger partial charge in [0.15, 0.2) is 17.6 Å². The second-order valence-electron chi connectivity index (χ2n) is 5.95. The van der Waals surface area contributed by atoms with E-state index in [4.69, 9.17) is 13.7 Å². The molecule has 1 atom stereocenters.